The minimum absolute atomic E-state index is 0.236. The van der Waals surface area contributed by atoms with E-state index in [0.29, 0.717) is 18.2 Å². The maximum Gasteiger partial charge on any atom is 0.210 e. The van der Waals surface area contributed by atoms with Gasteiger partial charge in [0.15, 0.2) is 0 Å². The van der Waals surface area contributed by atoms with Crippen LogP contribution >= 0.6 is 0 Å². The summed E-state index contributed by atoms with van der Waals surface area (Å²) in [6.45, 7) is 0.390. The molecule has 0 spiro atoms. The van der Waals surface area contributed by atoms with E-state index in [1.807, 2.05) is 0 Å². The molecular weight excluding hydrogens is 181 g/mol. The minimum Gasteiger partial charge on any atom is -0.338 e. The highest BCUT2D eigenvalue weighted by Gasteiger charge is 2.28. The molecule has 0 atom stereocenters. The molecule has 0 saturated heterocycles. The Hall–Kier alpha value is -1.38. The number of rotatable bonds is 4. The first-order valence-electron chi connectivity index (χ1n) is 4.75. The fraction of sp³-hybridized carbons (Fsp3) is 0.364. The van der Waals surface area contributed by atoms with Crippen molar-refractivity contribution >= 4 is 6.41 Å². The molecule has 1 amide bonds. The average Bonchev–Trinajstić information content (AvgIpc) is 3.00. The Morgan fingerprint density at radius 2 is 2.14 bits per heavy atom. The minimum atomic E-state index is -0.236. The van der Waals surface area contributed by atoms with E-state index in [9.17, 15) is 9.18 Å². The Bertz CT molecular complexity index is 336. The average molecular weight is 193 g/mol. The fourth-order valence-electron chi connectivity index (χ4n) is 1.48. The van der Waals surface area contributed by atoms with E-state index in [4.69, 9.17) is 0 Å². The molecule has 0 heterocycles. The third-order valence-electron chi connectivity index (χ3n) is 2.46. The normalized spacial score (nSPS) is 15.2. The summed E-state index contributed by atoms with van der Waals surface area (Å²) in [5.41, 5.74) is 0.589. The molecule has 0 N–H and O–H groups in total. The fourth-order valence-corrected chi connectivity index (χ4v) is 1.48. The van der Waals surface area contributed by atoms with E-state index in [-0.39, 0.29) is 5.82 Å². The highest BCUT2D eigenvalue weighted by Crippen LogP contribution is 2.27. The molecule has 0 radical (unpaired) electrons. The summed E-state index contributed by atoms with van der Waals surface area (Å²) in [6, 6.07) is 6.92. The monoisotopic (exact) mass is 193 g/mol. The van der Waals surface area contributed by atoms with Crippen LogP contribution in [0.2, 0.25) is 0 Å². The second-order valence-corrected chi connectivity index (χ2v) is 3.60. The quantitative estimate of drug-likeness (QED) is 0.669. The zero-order valence-corrected chi connectivity index (χ0v) is 7.82. The van der Waals surface area contributed by atoms with Gasteiger partial charge in [-0.3, -0.25) is 4.79 Å². The van der Waals surface area contributed by atoms with E-state index in [0.717, 1.165) is 19.3 Å². The third kappa shape index (κ3) is 1.92. The Labute approximate surface area is 82.3 Å². The number of benzene rings is 1. The van der Waals surface area contributed by atoms with Gasteiger partial charge in [-0.25, -0.2) is 4.39 Å². The number of hydrogen-bond donors (Lipinski definition) is 0. The molecule has 0 bridgehead atoms. The van der Waals surface area contributed by atoms with Crippen LogP contribution in [0.5, 0.6) is 0 Å². The van der Waals surface area contributed by atoms with Crippen LogP contribution in [0.1, 0.15) is 18.4 Å². The molecule has 0 aromatic heterocycles. The molecule has 1 aromatic rings. The molecule has 1 aliphatic carbocycles. The summed E-state index contributed by atoms with van der Waals surface area (Å²) < 4.78 is 13.2. The van der Waals surface area contributed by atoms with Gasteiger partial charge < -0.3 is 4.90 Å². The molecule has 1 fully saturated rings. The van der Waals surface area contributed by atoms with E-state index >= 15 is 0 Å². The maximum absolute atomic E-state index is 13.2. The molecule has 0 unspecified atom stereocenters. The lowest BCUT2D eigenvalue weighted by atomic mass is 10.2. The second kappa shape index (κ2) is 3.78. The van der Waals surface area contributed by atoms with Crippen LogP contribution in [0.4, 0.5) is 4.39 Å². The Kier molecular flexibility index (Phi) is 2.48. The van der Waals surface area contributed by atoms with Crippen LogP contribution < -0.4 is 0 Å². The molecule has 14 heavy (non-hydrogen) atoms. The first-order valence-corrected chi connectivity index (χ1v) is 4.75. The highest BCUT2D eigenvalue weighted by molar-refractivity contribution is 5.49. The smallest absolute Gasteiger partial charge is 0.210 e. The van der Waals surface area contributed by atoms with Crippen molar-refractivity contribution in [3.63, 3.8) is 0 Å². The van der Waals surface area contributed by atoms with Gasteiger partial charge in [-0.05, 0) is 18.9 Å². The van der Waals surface area contributed by atoms with Gasteiger partial charge in [0.25, 0.3) is 0 Å². The molecule has 2 rings (SSSR count). The van der Waals surface area contributed by atoms with Crippen molar-refractivity contribution in [2.45, 2.75) is 25.4 Å². The topological polar surface area (TPSA) is 20.3 Å². The van der Waals surface area contributed by atoms with Gasteiger partial charge in [-0.2, -0.15) is 0 Å². The highest BCUT2D eigenvalue weighted by atomic mass is 19.1. The molecule has 3 heteroatoms. The largest absolute Gasteiger partial charge is 0.338 e. The van der Waals surface area contributed by atoms with Crippen LogP contribution in [0.3, 0.4) is 0 Å². The standard InChI is InChI=1S/C11H12FNO/c12-11-4-2-1-3-9(11)7-13(8-14)10-5-6-10/h1-4,8,10H,5-7H2. The SMILES string of the molecule is O=CN(Cc1ccccc1F)C1CC1. The van der Waals surface area contributed by atoms with E-state index in [1.165, 1.54) is 6.07 Å². The van der Waals surface area contributed by atoms with Gasteiger partial charge >= 0.3 is 0 Å². The van der Waals surface area contributed by atoms with Crippen LogP contribution in [0.25, 0.3) is 0 Å². The Balaban J connectivity index is 2.08. The molecular formula is C11H12FNO. The van der Waals surface area contributed by atoms with Crippen LogP contribution in [-0.2, 0) is 11.3 Å². The van der Waals surface area contributed by atoms with E-state index < -0.39 is 0 Å². The van der Waals surface area contributed by atoms with Crippen molar-refractivity contribution in [1.29, 1.82) is 0 Å². The number of carbonyl (C=O) groups excluding carboxylic acids is 1. The van der Waals surface area contributed by atoms with E-state index in [2.05, 4.69) is 0 Å². The number of carbonyl (C=O) groups is 1. The first-order chi connectivity index (χ1) is 6.81. The summed E-state index contributed by atoms with van der Waals surface area (Å²) in [5, 5.41) is 0. The number of hydrogen-bond acceptors (Lipinski definition) is 1. The Morgan fingerprint density at radius 1 is 1.43 bits per heavy atom. The van der Waals surface area contributed by atoms with Crippen molar-refractivity contribution in [3.05, 3.63) is 35.6 Å². The van der Waals surface area contributed by atoms with Crippen molar-refractivity contribution in [1.82, 2.24) is 4.90 Å². The molecule has 0 aliphatic heterocycles. The summed E-state index contributed by atoms with van der Waals surface area (Å²) in [4.78, 5) is 12.4. The summed E-state index contributed by atoms with van der Waals surface area (Å²) >= 11 is 0. The van der Waals surface area contributed by atoms with Gasteiger partial charge in [0.1, 0.15) is 5.82 Å². The van der Waals surface area contributed by atoms with Crippen LogP contribution in [-0.4, -0.2) is 17.4 Å². The van der Waals surface area contributed by atoms with Gasteiger partial charge in [0.2, 0.25) is 6.41 Å². The van der Waals surface area contributed by atoms with Gasteiger partial charge in [0.05, 0.1) is 0 Å². The number of amides is 1. The van der Waals surface area contributed by atoms with Gasteiger partial charge in [0, 0.05) is 18.2 Å². The molecule has 74 valence electrons. The lowest BCUT2D eigenvalue weighted by Gasteiger charge is -2.16. The first kappa shape index (κ1) is 9.19. The Morgan fingerprint density at radius 3 is 2.71 bits per heavy atom. The number of halogens is 1. The second-order valence-electron chi connectivity index (χ2n) is 3.60. The van der Waals surface area contributed by atoms with Gasteiger partial charge in [-0.15, -0.1) is 0 Å². The summed E-state index contributed by atoms with van der Waals surface area (Å²) in [5.74, 6) is -0.236. The van der Waals surface area contributed by atoms with Crippen molar-refractivity contribution in [3.8, 4) is 0 Å². The summed E-state index contributed by atoms with van der Waals surface area (Å²) in [7, 11) is 0. The molecule has 2 nitrogen and oxygen atoms in total. The predicted octanol–water partition coefficient (Wildman–Crippen LogP) is 1.95. The van der Waals surface area contributed by atoms with Crippen LogP contribution in [0, 0.1) is 5.82 Å². The predicted molar refractivity (Wildman–Crippen MR) is 51.0 cm³/mol. The zero-order chi connectivity index (χ0) is 9.97. The maximum atomic E-state index is 13.2. The third-order valence-corrected chi connectivity index (χ3v) is 2.46. The van der Waals surface area contributed by atoms with Crippen LogP contribution in [0.15, 0.2) is 24.3 Å². The molecule has 1 aliphatic rings. The van der Waals surface area contributed by atoms with Crippen molar-refractivity contribution in [2.24, 2.45) is 0 Å². The molecule has 1 saturated carbocycles. The zero-order valence-electron chi connectivity index (χ0n) is 7.82. The molecule has 1 aromatic carbocycles. The van der Waals surface area contributed by atoms with Crippen molar-refractivity contribution < 1.29 is 9.18 Å². The lowest BCUT2D eigenvalue weighted by Crippen LogP contribution is -2.24. The van der Waals surface area contributed by atoms with Crippen molar-refractivity contribution in [2.75, 3.05) is 0 Å². The summed E-state index contributed by atoms with van der Waals surface area (Å²) in [6.07, 6.45) is 2.91. The van der Waals surface area contributed by atoms with E-state index in [1.54, 1.807) is 23.1 Å². The van der Waals surface area contributed by atoms with Gasteiger partial charge in [-0.1, -0.05) is 18.2 Å². The number of nitrogens with zero attached hydrogens (tertiary/aromatic N) is 1. The lowest BCUT2D eigenvalue weighted by molar-refractivity contribution is -0.119.